The van der Waals surface area contributed by atoms with Gasteiger partial charge in [-0.15, -0.1) is 0 Å². The molecule has 0 radical (unpaired) electrons. The molecule has 0 aliphatic carbocycles. The summed E-state index contributed by atoms with van der Waals surface area (Å²) in [6.07, 6.45) is 2.29. The summed E-state index contributed by atoms with van der Waals surface area (Å²) in [5.74, 6) is 0.286. The van der Waals surface area contributed by atoms with Crippen LogP contribution in [0.25, 0.3) is 0 Å². The van der Waals surface area contributed by atoms with Gasteiger partial charge in [-0.1, -0.05) is 20.3 Å². The zero-order valence-corrected chi connectivity index (χ0v) is 24.0. The van der Waals surface area contributed by atoms with E-state index < -0.39 is 17.8 Å². The lowest BCUT2D eigenvalue weighted by atomic mass is 9.96. The van der Waals surface area contributed by atoms with Crippen molar-refractivity contribution in [3.63, 3.8) is 0 Å². The van der Waals surface area contributed by atoms with Crippen LogP contribution in [0.2, 0.25) is 0 Å². The molecule has 0 aliphatic rings. The molecule has 6 atom stereocenters. The van der Waals surface area contributed by atoms with E-state index in [9.17, 15) is 20.4 Å². The van der Waals surface area contributed by atoms with Gasteiger partial charge in [0.2, 0.25) is 0 Å². The lowest BCUT2D eigenvalue weighted by molar-refractivity contribution is -0.0722. The molecule has 0 amide bonds. The minimum atomic E-state index is -0.904. The van der Waals surface area contributed by atoms with Gasteiger partial charge in [0.05, 0.1) is 68.1 Å². The van der Waals surface area contributed by atoms with Crippen molar-refractivity contribution in [1.82, 2.24) is 0 Å². The Kier molecular flexibility index (Phi) is 20.8. The molecule has 35 heavy (non-hydrogen) atoms. The predicted molar refractivity (Wildman–Crippen MR) is 140 cm³/mol. The van der Waals surface area contributed by atoms with Crippen molar-refractivity contribution in [3.05, 3.63) is 0 Å². The second kappa shape index (κ2) is 19.7. The minimum absolute atomic E-state index is 0.0979. The van der Waals surface area contributed by atoms with E-state index in [1.54, 1.807) is 20.8 Å². The Labute approximate surface area is 215 Å². The molecule has 0 aromatic rings. The Hall–Kier alpha value is -0.320. The van der Waals surface area contributed by atoms with Crippen molar-refractivity contribution in [2.24, 2.45) is 5.92 Å². The average Bonchev–Trinajstić information content (AvgIpc) is 2.71. The molecule has 5 N–H and O–H groups in total. The first kappa shape index (κ1) is 36.8. The fraction of sp³-hybridized carbons (Fsp3) is 1.00. The van der Waals surface area contributed by atoms with Gasteiger partial charge in [0.15, 0.2) is 0 Å². The highest BCUT2D eigenvalue weighted by atomic mass is 16.5. The summed E-state index contributed by atoms with van der Waals surface area (Å²) < 4.78 is 16.6. The molecule has 8 nitrogen and oxygen atoms in total. The van der Waals surface area contributed by atoms with Crippen LogP contribution in [0.15, 0.2) is 0 Å². The maximum Gasteiger partial charge on any atom is 0.0808 e. The van der Waals surface area contributed by atoms with Gasteiger partial charge in [0, 0.05) is 12.3 Å². The van der Waals surface area contributed by atoms with Gasteiger partial charge in [-0.25, -0.2) is 0 Å². The highest BCUT2D eigenvalue weighted by Gasteiger charge is 2.21. The van der Waals surface area contributed by atoms with Crippen LogP contribution in [-0.2, 0) is 14.2 Å². The number of hydrogen-bond acceptors (Lipinski definition) is 8. The summed E-state index contributed by atoms with van der Waals surface area (Å²) in [6, 6.07) is 0. The molecule has 0 spiro atoms. The van der Waals surface area contributed by atoms with E-state index in [2.05, 4.69) is 13.8 Å². The molecule has 8 heteroatoms. The first-order chi connectivity index (χ1) is 16.0. The van der Waals surface area contributed by atoms with Crippen molar-refractivity contribution in [3.8, 4) is 0 Å². The van der Waals surface area contributed by atoms with Crippen LogP contribution in [-0.4, -0.2) is 93.7 Å². The molecule has 0 aliphatic heterocycles. The molecule has 0 saturated heterocycles. The fourth-order valence-electron chi connectivity index (χ4n) is 3.30. The van der Waals surface area contributed by atoms with E-state index in [0.717, 1.165) is 19.3 Å². The van der Waals surface area contributed by atoms with E-state index in [4.69, 9.17) is 19.3 Å². The third-order valence-electron chi connectivity index (χ3n) is 5.33. The summed E-state index contributed by atoms with van der Waals surface area (Å²) in [5.41, 5.74) is -1.00. The maximum atomic E-state index is 9.83. The van der Waals surface area contributed by atoms with Crippen LogP contribution >= 0.6 is 0 Å². The second-order valence-corrected chi connectivity index (χ2v) is 11.3. The monoisotopic (exact) mass is 510 g/mol. The zero-order valence-electron chi connectivity index (χ0n) is 24.0. The van der Waals surface area contributed by atoms with Gasteiger partial charge in [-0.3, -0.25) is 0 Å². The summed E-state index contributed by atoms with van der Waals surface area (Å²) >= 11 is 0. The molecule has 0 aromatic carbocycles. The fourth-order valence-corrected chi connectivity index (χ4v) is 3.30. The predicted octanol–water partition coefficient (Wildman–Crippen LogP) is 3.44. The minimum Gasteiger partial charge on any atom is -0.394 e. The smallest absolute Gasteiger partial charge is 0.0808 e. The molecule has 0 bridgehead atoms. The van der Waals surface area contributed by atoms with Crippen LogP contribution < -0.4 is 0 Å². The van der Waals surface area contributed by atoms with Crippen LogP contribution in [0.5, 0.6) is 0 Å². The molecule has 0 rings (SSSR count). The molecule has 0 aromatic heterocycles. The quantitative estimate of drug-likeness (QED) is 0.190. The van der Waals surface area contributed by atoms with E-state index in [1.165, 1.54) is 0 Å². The van der Waals surface area contributed by atoms with Crippen LogP contribution in [0.3, 0.4) is 0 Å². The highest BCUT2D eigenvalue weighted by molar-refractivity contribution is 4.72. The number of rotatable bonds is 18. The molecule has 6 unspecified atom stereocenters. The van der Waals surface area contributed by atoms with Gasteiger partial charge in [0.25, 0.3) is 0 Å². The van der Waals surface area contributed by atoms with E-state index in [1.807, 2.05) is 27.7 Å². The van der Waals surface area contributed by atoms with Gasteiger partial charge in [-0.2, -0.15) is 0 Å². The third kappa shape index (κ3) is 25.1. The molecular weight excluding hydrogens is 452 g/mol. The number of hydrogen-bond donors (Lipinski definition) is 5. The topological polar surface area (TPSA) is 129 Å². The molecular formula is C27H58O8. The Morgan fingerprint density at radius 3 is 1.83 bits per heavy atom. The lowest BCUT2D eigenvalue weighted by Crippen LogP contribution is -2.29. The Morgan fingerprint density at radius 2 is 1.40 bits per heavy atom. The SMILES string of the molecule is CC(O)COC(C)COC(CO)CCC(O)CC(C)(C)O.CCCC(O)C(CC)COC(C)(C)C. The van der Waals surface area contributed by atoms with E-state index in [-0.39, 0.29) is 43.0 Å². The molecule has 0 fully saturated rings. The van der Waals surface area contributed by atoms with Crippen molar-refractivity contribution in [1.29, 1.82) is 0 Å². The zero-order chi connectivity index (χ0) is 27.7. The Morgan fingerprint density at radius 1 is 0.800 bits per heavy atom. The normalized spacial score (nSPS) is 17.7. The van der Waals surface area contributed by atoms with Crippen molar-refractivity contribution >= 4 is 0 Å². The molecule has 0 saturated carbocycles. The largest absolute Gasteiger partial charge is 0.394 e. The Balaban J connectivity index is 0. The van der Waals surface area contributed by atoms with Crippen molar-refractivity contribution < 1.29 is 39.7 Å². The van der Waals surface area contributed by atoms with E-state index >= 15 is 0 Å². The van der Waals surface area contributed by atoms with Gasteiger partial charge in [-0.05, 0) is 74.1 Å². The molecule has 214 valence electrons. The summed E-state index contributed by atoms with van der Waals surface area (Å²) in [6.45, 7) is 18.2. The lowest BCUT2D eigenvalue weighted by Gasteiger charge is -2.26. The Bertz CT molecular complexity index is 473. The van der Waals surface area contributed by atoms with Crippen molar-refractivity contribution in [2.45, 2.75) is 143 Å². The first-order valence-corrected chi connectivity index (χ1v) is 13.3. The van der Waals surface area contributed by atoms with Crippen LogP contribution in [0.4, 0.5) is 0 Å². The third-order valence-corrected chi connectivity index (χ3v) is 5.33. The summed E-state index contributed by atoms with van der Waals surface area (Å²) in [7, 11) is 0. The summed E-state index contributed by atoms with van der Waals surface area (Å²) in [4.78, 5) is 0. The van der Waals surface area contributed by atoms with Gasteiger partial charge >= 0.3 is 0 Å². The highest BCUT2D eigenvalue weighted by Crippen LogP contribution is 2.18. The first-order valence-electron chi connectivity index (χ1n) is 13.3. The van der Waals surface area contributed by atoms with Crippen molar-refractivity contribution in [2.75, 3.05) is 26.4 Å². The van der Waals surface area contributed by atoms with Gasteiger partial charge < -0.3 is 39.7 Å². The van der Waals surface area contributed by atoms with Crippen LogP contribution in [0.1, 0.15) is 101 Å². The second-order valence-electron chi connectivity index (χ2n) is 11.3. The summed E-state index contributed by atoms with van der Waals surface area (Å²) in [5, 5.41) is 47.6. The average molecular weight is 511 g/mol. The number of ether oxygens (including phenoxy) is 3. The van der Waals surface area contributed by atoms with Crippen LogP contribution in [0, 0.1) is 5.92 Å². The molecule has 0 heterocycles. The maximum absolute atomic E-state index is 9.83. The van der Waals surface area contributed by atoms with Gasteiger partial charge in [0.1, 0.15) is 0 Å². The number of aliphatic hydroxyl groups excluding tert-OH is 4. The van der Waals surface area contributed by atoms with E-state index in [0.29, 0.717) is 32.5 Å². The number of aliphatic hydroxyl groups is 5. The standard InChI is InChI=1S/C15H32O6.C12H26O2/c1-11(17)9-20-12(2)10-21-14(8-16)6-5-13(18)7-15(3,4)19;1-6-8-11(13)10(7-2)9-14-12(3,4)5/h11-14,16-19H,5-10H2,1-4H3;10-11,13H,6-9H2,1-5H3.